The summed E-state index contributed by atoms with van der Waals surface area (Å²) in [6.07, 6.45) is 3.83. The minimum absolute atomic E-state index is 0.0524. The Morgan fingerprint density at radius 2 is 1.70 bits per heavy atom. The molecule has 1 aliphatic heterocycles. The Labute approximate surface area is 273 Å². The number of sulfonamides is 1. The molecule has 5 rings (SSSR count). The summed E-state index contributed by atoms with van der Waals surface area (Å²) in [6.45, 7) is 14.8. The Morgan fingerprint density at radius 3 is 2.33 bits per heavy atom. The predicted octanol–water partition coefficient (Wildman–Crippen LogP) is 6.92. The van der Waals surface area contributed by atoms with Gasteiger partial charge in [-0.25, -0.2) is 18.1 Å². The van der Waals surface area contributed by atoms with Crippen LogP contribution in [0.2, 0.25) is 0 Å². The summed E-state index contributed by atoms with van der Waals surface area (Å²) in [4.78, 5) is 25.5. The maximum atomic E-state index is 14.5. The Morgan fingerprint density at radius 1 is 1.04 bits per heavy atom. The van der Waals surface area contributed by atoms with E-state index in [0.29, 0.717) is 50.1 Å². The lowest BCUT2D eigenvalue weighted by Crippen LogP contribution is -2.53. The number of carbonyl (C=O) groups is 1. The third-order valence-corrected chi connectivity index (χ3v) is 10.3. The number of amides is 1. The summed E-state index contributed by atoms with van der Waals surface area (Å²) >= 11 is 0. The van der Waals surface area contributed by atoms with Gasteiger partial charge in [0.1, 0.15) is 6.61 Å². The van der Waals surface area contributed by atoms with Crippen LogP contribution in [-0.4, -0.2) is 58.6 Å². The van der Waals surface area contributed by atoms with E-state index in [1.165, 1.54) is 12.1 Å². The lowest BCUT2D eigenvalue weighted by Gasteiger charge is -2.45. The third kappa shape index (κ3) is 7.72. The lowest BCUT2D eigenvalue weighted by atomic mass is 9.76. The van der Waals surface area contributed by atoms with Crippen LogP contribution < -0.4 is 9.46 Å². The van der Waals surface area contributed by atoms with Gasteiger partial charge < -0.3 is 14.7 Å². The van der Waals surface area contributed by atoms with Crippen molar-refractivity contribution in [3.8, 4) is 17.1 Å². The molecule has 10 heteroatoms. The molecule has 2 N–H and O–H groups in total. The number of aliphatic hydroxyl groups is 1. The minimum atomic E-state index is -4.15. The van der Waals surface area contributed by atoms with Gasteiger partial charge in [0.25, 0.3) is 15.9 Å². The molecule has 1 amide bonds. The summed E-state index contributed by atoms with van der Waals surface area (Å²) in [6, 6.07) is 13.3. The van der Waals surface area contributed by atoms with E-state index < -0.39 is 15.6 Å². The van der Waals surface area contributed by atoms with E-state index in [4.69, 9.17) is 4.74 Å². The first-order valence-corrected chi connectivity index (χ1v) is 17.8. The Balaban J connectivity index is 1.63. The van der Waals surface area contributed by atoms with E-state index in [-0.39, 0.29) is 52.3 Å². The van der Waals surface area contributed by atoms with Crippen LogP contribution in [0.15, 0.2) is 53.4 Å². The van der Waals surface area contributed by atoms with Crippen molar-refractivity contribution in [3.05, 3.63) is 65.2 Å². The minimum Gasteiger partial charge on any atom is -0.475 e. The summed E-state index contributed by atoms with van der Waals surface area (Å²) in [5, 5.41) is 11.3. The summed E-state index contributed by atoms with van der Waals surface area (Å²) in [5.41, 5.74) is 2.77. The number of carbonyl (C=O) groups excluding carboxylic acids is 1. The number of rotatable bonds is 5. The first-order valence-electron chi connectivity index (χ1n) is 16.3. The summed E-state index contributed by atoms with van der Waals surface area (Å²) in [5.74, 6) is 0.229. The van der Waals surface area contributed by atoms with Gasteiger partial charge in [-0.05, 0) is 93.0 Å². The molecular weight excluding hydrogens is 600 g/mol. The highest BCUT2D eigenvalue weighted by molar-refractivity contribution is 7.92. The Bertz CT molecular complexity index is 1670. The number of hydrogen-bond acceptors (Lipinski definition) is 7. The van der Waals surface area contributed by atoms with Crippen LogP contribution in [0.4, 0.5) is 5.95 Å². The average Bonchev–Trinajstić information content (AvgIpc) is 2.95. The van der Waals surface area contributed by atoms with Gasteiger partial charge in [-0.3, -0.25) is 4.79 Å². The second kappa shape index (κ2) is 13.0. The molecule has 9 nitrogen and oxygen atoms in total. The normalized spacial score (nSPS) is 23.5. The van der Waals surface area contributed by atoms with E-state index in [1.807, 2.05) is 36.9 Å². The van der Waals surface area contributed by atoms with Crippen molar-refractivity contribution in [1.82, 2.24) is 14.9 Å². The van der Waals surface area contributed by atoms with Crippen molar-refractivity contribution in [2.24, 2.45) is 11.3 Å². The van der Waals surface area contributed by atoms with Crippen molar-refractivity contribution < 1.29 is 23.1 Å². The van der Waals surface area contributed by atoms with Crippen LogP contribution in [-0.2, 0) is 10.0 Å². The van der Waals surface area contributed by atoms with Crippen LogP contribution in [0.5, 0.6) is 5.88 Å². The highest BCUT2D eigenvalue weighted by atomic mass is 32.2. The van der Waals surface area contributed by atoms with Crippen molar-refractivity contribution in [2.45, 2.75) is 110 Å². The standard InChI is InChI=1S/C36H48N4O5S/c1-23(2)20-36(42)16-14-27(15-17-36)40-28(21-35(5,6)7)22-45-31-19-30(32-24(3)10-8-11-25(32)4)37-34(38-31)39-46(43,44)29-13-9-12-26(18-29)33(40)41/h8-13,18-19,23,27-28,42H,14-17,20-22H2,1-7H3,(H,37,38,39)/t27-,28-,36+/m1/s1. The molecule has 0 spiro atoms. The first kappa shape index (κ1) is 33.9. The molecule has 1 fully saturated rings. The zero-order valence-electron chi connectivity index (χ0n) is 28.1. The first-order chi connectivity index (χ1) is 21.5. The molecule has 1 aliphatic carbocycles. The van der Waals surface area contributed by atoms with Crippen LogP contribution in [0.25, 0.3) is 11.3 Å². The van der Waals surface area contributed by atoms with E-state index in [1.54, 1.807) is 18.2 Å². The smallest absolute Gasteiger partial charge is 0.264 e. The molecule has 0 unspecified atom stereocenters. The van der Waals surface area contributed by atoms with Gasteiger partial charge in [-0.1, -0.05) is 58.9 Å². The number of aromatic nitrogens is 2. The second-order valence-electron chi connectivity index (χ2n) is 14.8. The Kier molecular flexibility index (Phi) is 9.53. The second-order valence-corrected chi connectivity index (χ2v) is 16.5. The number of fused-ring (bicyclic) bond motifs is 4. The van der Waals surface area contributed by atoms with Crippen molar-refractivity contribution >= 4 is 21.9 Å². The highest BCUT2D eigenvalue weighted by Crippen LogP contribution is 2.38. The van der Waals surface area contributed by atoms with Gasteiger partial charge in [0.2, 0.25) is 11.8 Å². The quantitative estimate of drug-likeness (QED) is 0.308. The molecule has 0 saturated heterocycles. The third-order valence-electron chi connectivity index (χ3n) is 9.02. The molecular formula is C36H48N4O5S. The molecule has 1 saturated carbocycles. The Hall–Kier alpha value is -3.50. The number of nitrogens with zero attached hydrogens (tertiary/aromatic N) is 3. The zero-order valence-corrected chi connectivity index (χ0v) is 28.9. The number of benzene rings is 2. The van der Waals surface area contributed by atoms with Gasteiger partial charge >= 0.3 is 0 Å². The number of nitrogens with one attached hydrogen (secondary N) is 1. The molecule has 0 radical (unpaired) electrons. The molecule has 1 atom stereocenters. The van der Waals surface area contributed by atoms with Crippen LogP contribution >= 0.6 is 0 Å². The van der Waals surface area contributed by atoms with Gasteiger partial charge in [0, 0.05) is 23.2 Å². The predicted molar refractivity (Wildman–Crippen MR) is 180 cm³/mol. The maximum absolute atomic E-state index is 14.5. The molecule has 248 valence electrons. The molecule has 3 aromatic rings. The number of ether oxygens (including phenoxy) is 1. The van der Waals surface area contributed by atoms with Crippen LogP contribution in [0, 0.1) is 25.2 Å². The van der Waals surface area contributed by atoms with Crippen LogP contribution in [0.3, 0.4) is 0 Å². The maximum Gasteiger partial charge on any atom is 0.264 e. The fourth-order valence-corrected chi connectivity index (χ4v) is 8.14. The summed E-state index contributed by atoms with van der Waals surface area (Å²) < 4.78 is 36.3. The molecule has 2 heterocycles. The van der Waals surface area contributed by atoms with Crippen molar-refractivity contribution in [2.75, 3.05) is 11.3 Å². The SMILES string of the molecule is Cc1cccc(C)c1-c1cc2nc(n1)NS(=O)(=O)c1cccc(c1)C(=O)N([C@H]1CC[C@](O)(CC(C)C)CC1)[C@H](CC(C)(C)C)CO2. The topological polar surface area (TPSA) is 122 Å². The fraction of sp³-hybridized carbons (Fsp3) is 0.528. The molecule has 2 aliphatic rings. The molecule has 46 heavy (non-hydrogen) atoms. The fourth-order valence-electron chi connectivity index (χ4n) is 7.15. The van der Waals surface area contributed by atoms with Crippen molar-refractivity contribution in [1.29, 1.82) is 0 Å². The van der Waals surface area contributed by atoms with E-state index >= 15 is 0 Å². The molecule has 4 bridgehead atoms. The van der Waals surface area contributed by atoms with Crippen molar-refractivity contribution in [3.63, 3.8) is 0 Å². The summed E-state index contributed by atoms with van der Waals surface area (Å²) in [7, 11) is -4.15. The number of aryl methyl sites for hydroxylation is 2. The average molecular weight is 649 g/mol. The van der Waals surface area contributed by atoms with Crippen LogP contribution in [0.1, 0.15) is 94.6 Å². The van der Waals surface area contributed by atoms with E-state index in [9.17, 15) is 18.3 Å². The zero-order chi connectivity index (χ0) is 33.4. The number of anilines is 1. The monoisotopic (exact) mass is 648 g/mol. The van der Waals surface area contributed by atoms with Gasteiger partial charge in [0.15, 0.2) is 0 Å². The van der Waals surface area contributed by atoms with E-state index in [2.05, 4.69) is 49.3 Å². The molecule has 1 aromatic heterocycles. The largest absolute Gasteiger partial charge is 0.475 e. The number of hydrogen-bond donors (Lipinski definition) is 2. The van der Waals surface area contributed by atoms with Gasteiger partial charge in [-0.15, -0.1) is 0 Å². The van der Waals surface area contributed by atoms with Gasteiger partial charge in [-0.2, -0.15) is 4.98 Å². The molecule has 2 aromatic carbocycles. The van der Waals surface area contributed by atoms with Gasteiger partial charge in [0.05, 0.1) is 22.2 Å². The van der Waals surface area contributed by atoms with E-state index in [0.717, 1.165) is 16.7 Å². The highest BCUT2D eigenvalue weighted by Gasteiger charge is 2.41. The lowest BCUT2D eigenvalue weighted by molar-refractivity contribution is -0.0413.